The lowest BCUT2D eigenvalue weighted by Gasteiger charge is -2.46. The van der Waals surface area contributed by atoms with Gasteiger partial charge in [-0.25, -0.2) is 0 Å². The largest absolute Gasteiger partial charge is 0.394 e. The standard InChI is InChI=1S/C30H57NO12/c1-2-3-4-5-6-7-8-9-10-11-12-13-14-15-20(34)19(31)18-40-29-27(39)25(37)28(22(17-33)42-29)43-30-26(38)24(36)23(35)21(16-32)41-30/h14-15,19-30,32-39H,2-13,16-18,31H2,1H3. The van der Waals surface area contributed by atoms with E-state index in [1.807, 2.05) is 6.08 Å². The highest BCUT2D eigenvalue weighted by atomic mass is 16.7. The van der Waals surface area contributed by atoms with Gasteiger partial charge in [0, 0.05) is 0 Å². The van der Waals surface area contributed by atoms with Gasteiger partial charge in [0.15, 0.2) is 12.6 Å². The smallest absolute Gasteiger partial charge is 0.187 e. The molecule has 2 rings (SSSR count). The van der Waals surface area contributed by atoms with E-state index in [0.29, 0.717) is 0 Å². The van der Waals surface area contributed by atoms with E-state index in [0.717, 1.165) is 19.3 Å². The van der Waals surface area contributed by atoms with Crippen LogP contribution in [0.4, 0.5) is 0 Å². The van der Waals surface area contributed by atoms with E-state index in [9.17, 15) is 40.9 Å². The average Bonchev–Trinajstić information content (AvgIpc) is 3.01. The van der Waals surface area contributed by atoms with Gasteiger partial charge in [-0.15, -0.1) is 0 Å². The summed E-state index contributed by atoms with van der Waals surface area (Å²) in [4.78, 5) is 0. The summed E-state index contributed by atoms with van der Waals surface area (Å²) < 4.78 is 21.9. The Hall–Kier alpha value is -0.780. The van der Waals surface area contributed by atoms with Crippen LogP contribution in [0.25, 0.3) is 0 Å². The van der Waals surface area contributed by atoms with E-state index in [-0.39, 0.29) is 6.61 Å². The van der Waals surface area contributed by atoms with Crippen molar-refractivity contribution in [1.82, 2.24) is 0 Å². The second kappa shape index (κ2) is 21.1. The lowest BCUT2D eigenvalue weighted by Crippen LogP contribution is -2.64. The Morgan fingerprint density at radius 3 is 1.81 bits per heavy atom. The predicted molar refractivity (Wildman–Crippen MR) is 157 cm³/mol. The quantitative estimate of drug-likeness (QED) is 0.0585. The van der Waals surface area contributed by atoms with Gasteiger partial charge in [0.2, 0.25) is 0 Å². The average molecular weight is 624 g/mol. The van der Waals surface area contributed by atoms with Crippen molar-refractivity contribution in [3.63, 3.8) is 0 Å². The van der Waals surface area contributed by atoms with Crippen LogP contribution >= 0.6 is 0 Å². The molecule has 0 aliphatic carbocycles. The Kier molecular flexibility index (Phi) is 18.8. The molecule has 0 radical (unpaired) electrons. The van der Waals surface area contributed by atoms with Crippen molar-refractivity contribution in [1.29, 1.82) is 0 Å². The van der Waals surface area contributed by atoms with Crippen molar-refractivity contribution in [2.45, 2.75) is 158 Å². The number of allylic oxidation sites excluding steroid dienone is 1. The first-order chi connectivity index (χ1) is 20.7. The number of nitrogens with two attached hydrogens (primary N) is 1. The van der Waals surface area contributed by atoms with Crippen molar-refractivity contribution in [3.05, 3.63) is 12.2 Å². The highest BCUT2D eigenvalue weighted by Crippen LogP contribution is 2.29. The summed E-state index contributed by atoms with van der Waals surface area (Å²) in [6.07, 6.45) is 1.80. The number of aliphatic hydroxyl groups is 8. The van der Waals surface area contributed by atoms with Gasteiger partial charge in [0.1, 0.15) is 48.8 Å². The van der Waals surface area contributed by atoms with Crippen LogP contribution in [0.1, 0.15) is 84.0 Å². The van der Waals surface area contributed by atoms with Crippen molar-refractivity contribution >= 4 is 0 Å². The van der Waals surface area contributed by atoms with E-state index >= 15 is 0 Å². The second-order valence-electron chi connectivity index (χ2n) is 11.7. The zero-order chi connectivity index (χ0) is 31.8. The molecular weight excluding hydrogens is 566 g/mol. The molecule has 0 saturated carbocycles. The molecule has 0 aromatic heterocycles. The minimum absolute atomic E-state index is 0.227. The monoisotopic (exact) mass is 623 g/mol. The van der Waals surface area contributed by atoms with E-state index in [1.54, 1.807) is 6.08 Å². The fourth-order valence-electron chi connectivity index (χ4n) is 5.30. The van der Waals surface area contributed by atoms with Crippen molar-refractivity contribution in [3.8, 4) is 0 Å². The fraction of sp³-hybridized carbons (Fsp3) is 0.933. The van der Waals surface area contributed by atoms with E-state index < -0.39 is 86.8 Å². The zero-order valence-corrected chi connectivity index (χ0v) is 25.5. The van der Waals surface area contributed by atoms with E-state index in [1.165, 1.54) is 57.8 Å². The molecule has 2 saturated heterocycles. The predicted octanol–water partition coefficient (Wildman–Crippen LogP) is -0.427. The summed E-state index contributed by atoms with van der Waals surface area (Å²) in [5.41, 5.74) is 6.04. The van der Waals surface area contributed by atoms with Crippen LogP contribution < -0.4 is 5.73 Å². The van der Waals surface area contributed by atoms with E-state index in [2.05, 4.69) is 6.92 Å². The Labute approximate surface area is 255 Å². The number of hydrogen-bond donors (Lipinski definition) is 9. The first-order valence-electron chi connectivity index (χ1n) is 16.0. The van der Waals surface area contributed by atoms with Gasteiger partial charge in [-0.2, -0.15) is 0 Å². The van der Waals surface area contributed by atoms with Gasteiger partial charge < -0.3 is 65.5 Å². The van der Waals surface area contributed by atoms with Crippen LogP contribution in [0.2, 0.25) is 0 Å². The van der Waals surface area contributed by atoms with E-state index in [4.69, 9.17) is 24.7 Å². The van der Waals surface area contributed by atoms with Crippen LogP contribution in [-0.2, 0) is 18.9 Å². The first kappa shape index (κ1) is 38.4. The van der Waals surface area contributed by atoms with Gasteiger partial charge in [-0.05, 0) is 12.8 Å². The van der Waals surface area contributed by atoms with Crippen LogP contribution in [0.15, 0.2) is 12.2 Å². The van der Waals surface area contributed by atoms with Gasteiger partial charge in [-0.3, -0.25) is 0 Å². The fourth-order valence-corrected chi connectivity index (χ4v) is 5.30. The summed E-state index contributed by atoms with van der Waals surface area (Å²) in [5.74, 6) is 0. The number of hydrogen-bond acceptors (Lipinski definition) is 13. The Balaban J connectivity index is 1.70. The minimum Gasteiger partial charge on any atom is -0.394 e. The highest BCUT2D eigenvalue weighted by molar-refractivity contribution is 4.96. The molecule has 0 amide bonds. The third kappa shape index (κ3) is 12.5. The topological polar surface area (TPSA) is 225 Å². The summed E-state index contributed by atoms with van der Waals surface area (Å²) in [6, 6.07) is -0.850. The number of ether oxygens (including phenoxy) is 4. The van der Waals surface area contributed by atoms with Gasteiger partial charge >= 0.3 is 0 Å². The molecular formula is C30H57NO12. The molecule has 254 valence electrons. The lowest BCUT2D eigenvalue weighted by atomic mass is 9.97. The maximum atomic E-state index is 10.7. The van der Waals surface area contributed by atoms with Crippen LogP contribution in [0.3, 0.4) is 0 Å². The molecule has 12 atom stereocenters. The third-order valence-corrected chi connectivity index (χ3v) is 8.16. The maximum absolute atomic E-state index is 10.7. The number of aliphatic hydroxyl groups excluding tert-OH is 8. The summed E-state index contributed by atoms with van der Waals surface area (Å²) in [5, 5.41) is 81.0. The molecule has 0 bridgehead atoms. The third-order valence-electron chi connectivity index (χ3n) is 8.16. The molecule has 12 unspecified atom stereocenters. The number of rotatable bonds is 21. The minimum atomic E-state index is -1.75. The normalized spacial score (nSPS) is 34.9. The molecule has 0 aromatic carbocycles. The molecule has 43 heavy (non-hydrogen) atoms. The molecule has 2 aliphatic heterocycles. The lowest BCUT2D eigenvalue weighted by molar-refractivity contribution is -0.359. The summed E-state index contributed by atoms with van der Waals surface area (Å²) >= 11 is 0. The van der Waals surface area contributed by atoms with Crippen molar-refractivity contribution in [2.75, 3.05) is 19.8 Å². The van der Waals surface area contributed by atoms with Gasteiger partial charge in [-0.1, -0.05) is 83.3 Å². The Morgan fingerprint density at radius 1 is 0.698 bits per heavy atom. The second-order valence-corrected chi connectivity index (χ2v) is 11.7. The zero-order valence-electron chi connectivity index (χ0n) is 25.5. The van der Waals surface area contributed by atoms with Gasteiger partial charge in [0.05, 0.1) is 32.0 Å². The molecule has 0 spiro atoms. The van der Waals surface area contributed by atoms with Crippen molar-refractivity contribution < 1.29 is 59.8 Å². The molecule has 10 N–H and O–H groups in total. The summed E-state index contributed by atoms with van der Waals surface area (Å²) in [7, 11) is 0. The van der Waals surface area contributed by atoms with Gasteiger partial charge in [0.25, 0.3) is 0 Å². The first-order valence-corrected chi connectivity index (χ1v) is 16.0. The molecule has 13 nitrogen and oxygen atoms in total. The summed E-state index contributed by atoms with van der Waals surface area (Å²) in [6.45, 7) is 0.641. The Morgan fingerprint density at radius 2 is 1.23 bits per heavy atom. The highest BCUT2D eigenvalue weighted by Gasteiger charge is 2.50. The molecule has 2 aliphatic rings. The van der Waals surface area contributed by atoms with Crippen LogP contribution in [0.5, 0.6) is 0 Å². The molecule has 2 fully saturated rings. The van der Waals surface area contributed by atoms with Crippen LogP contribution in [-0.4, -0.2) is 134 Å². The molecule has 0 aromatic rings. The number of unbranched alkanes of at least 4 members (excludes halogenated alkanes) is 11. The maximum Gasteiger partial charge on any atom is 0.187 e. The van der Waals surface area contributed by atoms with Crippen molar-refractivity contribution in [2.24, 2.45) is 5.73 Å². The molecule has 13 heteroatoms. The SMILES string of the molecule is CCCCCCCCCCCCCC=CC(O)C(N)COC1OC(CO)C(OC2OC(CO)C(O)C(O)C2O)C(O)C1O. The Bertz CT molecular complexity index is 744. The van der Waals surface area contributed by atoms with Crippen LogP contribution in [0, 0.1) is 0 Å². The molecule has 2 heterocycles.